The largest absolute Gasteiger partial charge is 0.389 e. The van der Waals surface area contributed by atoms with Crippen molar-refractivity contribution < 1.29 is 5.11 Å². The molecule has 3 heteroatoms. The third kappa shape index (κ3) is 2.19. The topological polar surface area (TPSA) is 35.5 Å². The lowest BCUT2D eigenvalue weighted by Gasteiger charge is -2.31. The average molecular weight is 172 g/mol. The van der Waals surface area contributed by atoms with Crippen molar-refractivity contribution in [2.75, 3.05) is 27.2 Å². The van der Waals surface area contributed by atoms with E-state index in [0.717, 1.165) is 25.9 Å². The third-order valence-corrected chi connectivity index (χ3v) is 2.82. The molecule has 1 fully saturated rings. The summed E-state index contributed by atoms with van der Waals surface area (Å²) in [5, 5.41) is 13.2. The summed E-state index contributed by atoms with van der Waals surface area (Å²) in [6.45, 7) is 3.95. The molecule has 0 aromatic carbocycles. The molecule has 0 aliphatic carbocycles. The monoisotopic (exact) mass is 172 g/mol. The quantitative estimate of drug-likeness (QED) is 0.587. The molecule has 2 N–H and O–H groups in total. The predicted molar refractivity (Wildman–Crippen MR) is 50.2 cm³/mol. The number of aliphatic hydroxyl groups is 1. The van der Waals surface area contributed by atoms with Gasteiger partial charge in [-0.05, 0) is 40.4 Å². The molecule has 1 heterocycles. The Morgan fingerprint density at radius 2 is 2.25 bits per heavy atom. The van der Waals surface area contributed by atoms with Gasteiger partial charge in [0.2, 0.25) is 0 Å². The lowest BCUT2D eigenvalue weighted by atomic mass is 9.92. The Kier molecular flexibility index (Phi) is 3.09. The van der Waals surface area contributed by atoms with Crippen molar-refractivity contribution in [3.05, 3.63) is 0 Å². The lowest BCUT2D eigenvalue weighted by Crippen LogP contribution is -2.51. The molecule has 0 bridgehead atoms. The Balaban J connectivity index is 2.63. The molecule has 1 saturated heterocycles. The van der Waals surface area contributed by atoms with E-state index in [9.17, 15) is 5.11 Å². The van der Waals surface area contributed by atoms with Crippen molar-refractivity contribution in [3.63, 3.8) is 0 Å². The first kappa shape index (κ1) is 9.96. The van der Waals surface area contributed by atoms with Crippen LogP contribution in [0.4, 0.5) is 0 Å². The fourth-order valence-electron chi connectivity index (χ4n) is 1.88. The first-order chi connectivity index (χ1) is 5.56. The van der Waals surface area contributed by atoms with E-state index in [2.05, 4.69) is 17.3 Å². The van der Waals surface area contributed by atoms with Crippen LogP contribution in [0.5, 0.6) is 0 Å². The molecule has 3 nitrogen and oxygen atoms in total. The van der Waals surface area contributed by atoms with E-state index in [-0.39, 0.29) is 6.04 Å². The maximum atomic E-state index is 10.0. The van der Waals surface area contributed by atoms with Crippen molar-refractivity contribution in [1.82, 2.24) is 10.2 Å². The van der Waals surface area contributed by atoms with Gasteiger partial charge in [-0.15, -0.1) is 0 Å². The van der Waals surface area contributed by atoms with Crippen molar-refractivity contribution in [1.29, 1.82) is 0 Å². The van der Waals surface area contributed by atoms with Gasteiger partial charge in [-0.2, -0.15) is 0 Å². The fourth-order valence-corrected chi connectivity index (χ4v) is 1.88. The standard InChI is InChI=1S/C9H20N2O/c1-9(12)5-4-6-11(3)7-8(9)10-2/h8,10,12H,4-7H2,1-3H3/t8-,9+/m1/s1. The number of likely N-dealkylation sites (tertiary alicyclic amines) is 1. The van der Waals surface area contributed by atoms with Gasteiger partial charge in [0.25, 0.3) is 0 Å². The number of hydrogen-bond donors (Lipinski definition) is 2. The summed E-state index contributed by atoms with van der Waals surface area (Å²) in [7, 11) is 4.02. The van der Waals surface area contributed by atoms with Crippen LogP contribution >= 0.6 is 0 Å². The fraction of sp³-hybridized carbons (Fsp3) is 1.00. The van der Waals surface area contributed by atoms with E-state index in [1.165, 1.54) is 0 Å². The van der Waals surface area contributed by atoms with Gasteiger partial charge in [0, 0.05) is 12.6 Å². The minimum absolute atomic E-state index is 0.199. The third-order valence-electron chi connectivity index (χ3n) is 2.82. The maximum Gasteiger partial charge on any atom is 0.0784 e. The molecule has 0 radical (unpaired) electrons. The van der Waals surface area contributed by atoms with Gasteiger partial charge in [0.15, 0.2) is 0 Å². The Bertz CT molecular complexity index is 147. The van der Waals surface area contributed by atoms with E-state index in [4.69, 9.17) is 0 Å². The second-order valence-corrected chi connectivity index (χ2v) is 4.06. The van der Waals surface area contributed by atoms with Crippen LogP contribution < -0.4 is 5.32 Å². The Morgan fingerprint density at radius 1 is 1.58 bits per heavy atom. The SMILES string of the molecule is CN[C@@H]1CN(C)CCC[C@]1(C)O. The van der Waals surface area contributed by atoms with Crippen LogP contribution in [-0.2, 0) is 0 Å². The van der Waals surface area contributed by atoms with Gasteiger partial charge in [-0.25, -0.2) is 0 Å². The Hall–Kier alpha value is -0.120. The molecular weight excluding hydrogens is 152 g/mol. The Morgan fingerprint density at radius 3 is 2.83 bits per heavy atom. The molecule has 1 aliphatic heterocycles. The first-order valence-electron chi connectivity index (χ1n) is 4.64. The van der Waals surface area contributed by atoms with Crippen molar-refractivity contribution in [2.45, 2.75) is 31.4 Å². The predicted octanol–water partition coefficient (Wildman–Crippen LogP) is 0.0510. The maximum absolute atomic E-state index is 10.0. The van der Waals surface area contributed by atoms with Crippen LogP contribution in [0.3, 0.4) is 0 Å². The summed E-state index contributed by atoms with van der Waals surface area (Å²) < 4.78 is 0. The molecular formula is C9H20N2O. The second kappa shape index (κ2) is 3.73. The summed E-state index contributed by atoms with van der Waals surface area (Å²) in [6, 6.07) is 0.199. The number of rotatable bonds is 1. The van der Waals surface area contributed by atoms with E-state index in [0.29, 0.717) is 0 Å². The normalized spacial score (nSPS) is 39.5. The highest BCUT2D eigenvalue weighted by molar-refractivity contribution is 4.91. The van der Waals surface area contributed by atoms with E-state index >= 15 is 0 Å². The van der Waals surface area contributed by atoms with Crippen molar-refractivity contribution in [3.8, 4) is 0 Å². The average Bonchev–Trinajstić information content (AvgIpc) is 2.10. The minimum atomic E-state index is -0.542. The van der Waals surface area contributed by atoms with Gasteiger partial charge < -0.3 is 15.3 Å². The number of nitrogens with zero attached hydrogens (tertiary/aromatic N) is 1. The zero-order chi connectivity index (χ0) is 9.19. The van der Waals surface area contributed by atoms with Crippen LogP contribution in [0.25, 0.3) is 0 Å². The summed E-state index contributed by atoms with van der Waals surface area (Å²) in [5.41, 5.74) is -0.542. The molecule has 0 spiro atoms. The van der Waals surface area contributed by atoms with Gasteiger partial charge in [0.1, 0.15) is 0 Å². The van der Waals surface area contributed by atoms with Gasteiger partial charge in [0.05, 0.1) is 5.60 Å². The van der Waals surface area contributed by atoms with Crippen LogP contribution in [0.1, 0.15) is 19.8 Å². The highest BCUT2D eigenvalue weighted by Crippen LogP contribution is 2.20. The smallest absolute Gasteiger partial charge is 0.0784 e. The first-order valence-corrected chi connectivity index (χ1v) is 4.64. The number of hydrogen-bond acceptors (Lipinski definition) is 3. The molecule has 12 heavy (non-hydrogen) atoms. The summed E-state index contributed by atoms with van der Waals surface area (Å²) in [4.78, 5) is 2.27. The summed E-state index contributed by atoms with van der Waals surface area (Å²) >= 11 is 0. The molecule has 2 atom stereocenters. The number of likely N-dealkylation sites (N-methyl/N-ethyl adjacent to an activating group) is 2. The molecule has 0 aromatic rings. The highest BCUT2D eigenvalue weighted by Gasteiger charge is 2.33. The molecule has 0 saturated carbocycles. The second-order valence-electron chi connectivity index (χ2n) is 4.06. The highest BCUT2D eigenvalue weighted by atomic mass is 16.3. The van der Waals surface area contributed by atoms with Gasteiger partial charge >= 0.3 is 0 Å². The molecule has 72 valence electrons. The Labute approximate surface area is 74.8 Å². The van der Waals surface area contributed by atoms with Crippen LogP contribution in [-0.4, -0.2) is 48.8 Å². The number of nitrogens with one attached hydrogen (secondary N) is 1. The minimum Gasteiger partial charge on any atom is -0.389 e. The molecule has 1 rings (SSSR count). The molecule has 0 amide bonds. The van der Waals surface area contributed by atoms with Crippen LogP contribution in [0.15, 0.2) is 0 Å². The van der Waals surface area contributed by atoms with Crippen molar-refractivity contribution in [2.24, 2.45) is 0 Å². The van der Waals surface area contributed by atoms with E-state index in [1.807, 2.05) is 14.0 Å². The van der Waals surface area contributed by atoms with Crippen LogP contribution in [0, 0.1) is 0 Å². The molecule has 1 aliphatic rings. The van der Waals surface area contributed by atoms with E-state index in [1.54, 1.807) is 0 Å². The zero-order valence-electron chi connectivity index (χ0n) is 8.30. The molecule has 0 unspecified atom stereocenters. The summed E-state index contributed by atoms with van der Waals surface area (Å²) in [5.74, 6) is 0. The van der Waals surface area contributed by atoms with Gasteiger partial charge in [-0.1, -0.05) is 0 Å². The lowest BCUT2D eigenvalue weighted by molar-refractivity contribution is 0.0162. The molecule has 0 aromatic heterocycles. The van der Waals surface area contributed by atoms with Crippen molar-refractivity contribution >= 4 is 0 Å². The van der Waals surface area contributed by atoms with Gasteiger partial charge in [-0.3, -0.25) is 0 Å². The van der Waals surface area contributed by atoms with Crippen LogP contribution in [0.2, 0.25) is 0 Å². The zero-order valence-corrected chi connectivity index (χ0v) is 8.30. The summed E-state index contributed by atoms with van der Waals surface area (Å²) in [6.07, 6.45) is 1.98. The van der Waals surface area contributed by atoms with E-state index < -0.39 is 5.60 Å².